The second kappa shape index (κ2) is 4.63. The fraction of sp³-hybridized carbons (Fsp3) is 0.200. The number of rotatable bonds is 3. The highest BCUT2D eigenvalue weighted by atomic mass is 32.2. The van der Waals surface area contributed by atoms with Crippen LogP contribution in [0, 0.1) is 12.7 Å². The monoisotopic (exact) mass is 239 g/mol. The molecule has 1 aromatic heterocycles. The Morgan fingerprint density at radius 3 is 2.94 bits per heavy atom. The van der Waals surface area contributed by atoms with Crippen molar-refractivity contribution in [1.82, 2.24) is 15.2 Å². The number of nitrogens with zero attached hydrogens (tertiary/aromatic N) is 2. The number of aromatic amines is 1. The lowest BCUT2D eigenvalue weighted by Gasteiger charge is -2.04. The Bertz CT molecular complexity index is 501. The highest BCUT2D eigenvalue weighted by Gasteiger charge is 2.08. The van der Waals surface area contributed by atoms with Crippen LogP contribution in [-0.4, -0.2) is 20.3 Å². The van der Waals surface area contributed by atoms with Crippen LogP contribution in [0.5, 0.6) is 0 Å². The molecular weight excluding hydrogens is 229 g/mol. The molecule has 0 radical (unpaired) electrons. The molecule has 84 valence electrons. The van der Waals surface area contributed by atoms with Crippen molar-refractivity contribution < 1.29 is 9.50 Å². The van der Waals surface area contributed by atoms with E-state index in [9.17, 15) is 4.39 Å². The van der Waals surface area contributed by atoms with Gasteiger partial charge < -0.3 is 5.11 Å². The third kappa shape index (κ3) is 2.40. The topological polar surface area (TPSA) is 61.8 Å². The van der Waals surface area contributed by atoms with Gasteiger partial charge in [0.1, 0.15) is 11.6 Å². The van der Waals surface area contributed by atoms with Crippen LogP contribution in [0.4, 0.5) is 4.39 Å². The van der Waals surface area contributed by atoms with Crippen LogP contribution < -0.4 is 0 Å². The maximum absolute atomic E-state index is 12.9. The van der Waals surface area contributed by atoms with Gasteiger partial charge in [-0.2, -0.15) is 0 Å². The van der Waals surface area contributed by atoms with Gasteiger partial charge >= 0.3 is 0 Å². The van der Waals surface area contributed by atoms with E-state index >= 15 is 0 Å². The molecule has 0 aliphatic heterocycles. The number of hydrogen-bond donors (Lipinski definition) is 2. The molecule has 0 atom stereocenters. The van der Waals surface area contributed by atoms with Gasteiger partial charge in [-0.05, 0) is 42.4 Å². The summed E-state index contributed by atoms with van der Waals surface area (Å²) in [6, 6.07) is 4.26. The van der Waals surface area contributed by atoms with E-state index in [1.165, 1.54) is 23.9 Å². The molecule has 0 spiro atoms. The molecule has 4 nitrogen and oxygen atoms in total. The first-order valence-electron chi connectivity index (χ1n) is 4.65. The Morgan fingerprint density at radius 2 is 2.31 bits per heavy atom. The largest absolute Gasteiger partial charge is 0.392 e. The van der Waals surface area contributed by atoms with Gasteiger partial charge in [0.25, 0.3) is 0 Å². The number of benzene rings is 1. The van der Waals surface area contributed by atoms with Crippen LogP contribution in [0.2, 0.25) is 0 Å². The van der Waals surface area contributed by atoms with E-state index in [0.717, 1.165) is 10.7 Å². The number of aliphatic hydroxyl groups is 1. The molecule has 0 amide bonds. The standard InChI is InChI=1S/C10H10FN3OS/c1-6-12-10(14-13-6)16-9-3-2-8(11)4-7(9)5-15/h2-4,15H,5H2,1H3,(H,12,13,14). The summed E-state index contributed by atoms with van der Waals surface area (Å²) in [6.45, 7) is 1.60. The van der Waals surface area contributed by atoms with Crippen LogP contribution >= 0.6 is 11.8 Å². The first-order valence-corrected chi connectivity index (χ1v) is 5.47. The molecule has 16 heavy (non-hydrogen) atoms. The van der Waals surface area contributed by atoms with Crippen LogP contribution in [0.25, 0.3) is 0 Å². The minimum absolute atomic E-state index is 0.205. The summed E-state index contributed by atoms with van der Waals surface area (Å²) in [5, 5.41) is 16.3. The Balaban J connectivity index is 2.27. The number of hydrogen-bond acceptors (Lipinski definition) is 4. The Morgan fingerprint density at radius 1 is 1.50 bits per heavy atom. The van der Waals surface area contributed by atoms with Gasteiger partial charge in [0.2, 0.25) is 5.16 Å². The average molecular weight is 239 g/mol. The molecule has 0 bridgehead atoms. The van der Waals surface area contributed by atoms with Crippen molar-refractivity contribution in [2.24, 2.45) is 0 Å². The van der Waals surface area contributed by atoms with E-state index in [1.807, 2.05) is 0 Å². The smallest absolute Gasteiger partial charge is 0.213 e. The summed E-state index contributed by atoms with van der Waals surface area (Å²) >= 11 is 1.29. The average Bonchev–Trinajstić information content (AvgIpc) is 2.67. The summed E-state index contributed by atoms with van der Waals surface area (Å²) < 4.78 is 12.9. The van der Waals surface area contributed by atoms with E-state index in [2.05, 4.69) is 15.2 Å². The lowest BCUT2D eigenvalue weighted by molar-refractivity contribution is 0.278. The molecule has 6 heteroatoms. The second-order valence-electron chi connectivity index (χ2n) is 3.22. The maximum Gasteiger partial charge on any atom is 0.213 e. The maximum atomic E-state index is 12.9. The van der Waals surface area contributed by atoms with E-state index in [-0.39, 0.29) is 12.4 Å². The molecule has 0 unspecified atom stereocenters. The molecule has 2 rings (SSSR count). The fourth-order valence-electron chi connectivity index (χ4n) is 1.24. The first-order chi connectivity index (χ1) is 7.69. The highest BCUT2D eigenvalue weighted by molar-refractivity contribution is 7.99. The summed E-state index contributed by atoms with van der Waals surface area (Å²) in [4.78, 5) is 4.88. The third-order valence-corrected chi connectivity index (χ3v) is 2.95. The van der Waals surface area contributed by atoms with Crippen molar-refractivity contribution in [3.05, 3.63) is 35.4 Å². The molecule has 0 aliphatic carbocycles. The van der Waals surface area contributed by atoms with Gasteiger partial charge in [0.05, 0.1) is 6.61 Å². The van der Waals surface area contributed by atoms with Gasteiger partial charge in [-0.3, -0.25) is 5.10 Å². The van der Waals surface area contributed by atoms with E-state index in [1.54, 1.807) is 13.0 Å². The highest BCUT2D eigenvalue weighted by Crippen LogP contribution is 2.28. The SMILES string of the molecule is Cc1nc(Sc2ccc(F)cc2CO)n[nH]1. The van der Waals surface area contributed by atoms with Crippen LogP contribution in [-0.2, 0) is 6.61 Å². The number of halogens is 1. The lowest BCUT2D eigenvalue weighted by Crippen LogP contribution is -1.89. The molecule has 0 saturated carbocycles. The van der Waals surface area contributed by atoms with Gasteiger partial charge in [0.15, 0.2) is 0 Å². The number of H-pyrrole nitrogens is 1. The molecule has 0 aliphatic rings. The number of aromatic nitrogens is 3. The molecular formula is C10H10FN3OS. The van der Waals surface area contributed by atoms with Gasteiger partial charge in [0, 0.05) is 4.90 Å². The van der Waals surface area contributed by atoms with Gasteiger partial charge in [-0.1, -0.05) is 0 Å². The van der Waals surface area contributed by atoms with Gasteiger partial charge in [-0.15, -0.1) is 5.10 Å². The number of aryl methyl sites for hydroxylation is 1. The minimum Gasteiger partial charge on any atom is -0.392 e. The van der Waals surface area contributed by atoms with Gasteiger partial charge in [-0.25, -0.2) is 9.37 Å². The lowest BCUT2D eigenvalue weighted by atomic mass is 10.2. The molecule has 1 heterocycles. The Hall–Kier alpha value is -1.40. The minimum atomic E-state index is -0.362. The van der Waals surface area contributed by atoms with Crippen molar-refractivity contribution in [2.45, 2.75) is 23.6 Å². The van der Waals surface area contributed by atoms with E-state index in [0.29, 0.717) is 10.7 Å². The first kappa shape index (κ1) is 11.1. The fourth-order valence-corrected chi connectivity index (χ4v) is 2.10. The quantitative estimate of drug-likeness (QED) is 0.858. The molecule has 0 saturated heterocycles. The van der Waals surface area contributed by atoms with Crippen LogP contribution in [0.15, 0.2) is 28.3 Å². The second-order valence-corrected chi connectivity index (χ2v) is 4.22. The Kier molecular flexibility index (Phi) is 3.21. The van der Waals surface area contributed by atoms with Crippen molar-refractivity contribution in [2.75, 3.05) is 0 Å². The van der Waals surface area contributed by atoms with Crippen molar-refractivity contribution in [3.63, 3.8) is 0 Å². The summed E-state index contributed by atoms with van der Waals surface area (Å²) in [7, 11) is 0. The summed E-state index contributed by atoms with van der Waals surface area (Å²) in [5.74, 6) is 0.356. The van der Waals surface area contributed by atoms with Crippen LogP contribution in [0.1, 0.15) is 11.4 Å². The summed E-state index contributed by atoms with van der Waals surface area (Å²) in [5.41, 5.74) is 0.535. The molecule has 1 aromatic carbocycles. The molecule has 2 N–H and O–H groups in total. The summed E-state index contributed by atoms with van der Waals surface area (Å²) in [6.07, 6.45) is 0. The van der Waals surface area contributed by atoms with E-state index < -0.39 is 0 Å². The van der Waals surface area contributed by atoms with Crippen molar-refractivity contribution in [3.8, 4) is 0 Å². The zero-order chi connectivity index (χ0) is 11.5. The van der Waals surface area contributed by atoms with Crippen LogP contribution in [0.3, 0.4) is 0 Å². The predicted molar refractivity (Wildman–Crippen MR) is 57.6 cm³/mol. The van der Waals surface area contributed by atoms with Crippen molar-refractivity contribution >= 4 is 11.8 Å². The number of nitrogens with one attached hydrogen (secondary N) is 1. The number of aliphatic hydroxyl groups excluding tert-OH is 1. The van der Waals surface area contributed by atoms with Crippen molar-refractivity contribution in [1.29, 1.82) is 0 Å². The normalized spacial score (nSPS) is 10.7. The Labute approximate surface area is 95.9 Å². The predicted octanol–water partition coefficient (Wildman–Crippen LogP) is 1.90. The molecule has 2 aromatic rings. The molecule has 0 fully saturated rings. The van der Waals surface area contributed by atoms with E-state index in [4.69, 9.17) is 5.11 Å². The zero-order valence-corrected chi connectivity index (χ0v) is 9.38. The third-order valence-electron chi connectivity index (χ3n) is 1.97. The zero-order valence-electron chi connectivity index (χ0n) is 8.57.